The summed E-state index contributed by atoms with van der Waals surface area (Å²) >= 11 is 0. The number of H-pyrrole nitrogens is 1. The predicted octanol–water partition coefficient (Wildman–Crippen LogP) is 3.87. The van der Waals surface area contributed by atoms with E-state index in [2.05, 4.69) is 32.0 Å². The van der Waals surface area contributed by atoms with Crippen LogP contribution in [-0.4, -0.2) is 82.6 Å². The summed E-state index contributed by atoms with van der Waals surface area (Å²) in [5, 5.41) is 26.6. The second kappa shape index (κ2) is 11.2. The minimum absolute atomic E-state index is 0. The predicted molar refractivity (Wildman–Crippen MR) is 140 cm³/mol. The Labute approximate surface area is 218 Å². The van der Waals surface area contributed by atoms with Gasteiger partial charge in [0.15, 0.2) is 5.88 Å². The van der Waals surface area contributed by atoms with Crippen molar-refractivity contribution in [2.45, 2.75) is 0 Å². The summed E-state index contributed by atoms with van der Waals surface area (Å²) < 4.78 is 14.1. The molecule has 0 radical (unpaired) electrons. The van der Waals surface area contributed by atoms with Gasteiger partial charge in [-0.1, -0.05) is 5.16 Å². The van der Waals surface area contributed by atoms with Crippen LogP contribution in [0.2, 0.25) is 0 Å². The molecule has 3 aromatic rings. The first kappa shape index (κ1) is 27.3. The molecule has 10 nitrogen and oxygen atoms in total. The third kappa shape index (κ3) is 5.29. The number of benzene rings is 2. The van der Waals surface area contributed by atoms with Crippen LogP contribution in [0.5, 0.6) is 5.88 Å². The molecule has 2 aliphatic rings. The zero-order valence-electron chi connectivity index (χ0n) is 19.3. The van der Waals surface area contributed by atoms with Crippen LogP contribution in [0.4, 0.5) is 15.8 Å². The number of hydrogen-bond acceptors (Lipinski definition) is 8. The van der Waals surface area contributed by atoms with Gasteiger partial charge in [0, 0.05) is 61.3 Å². The number of nitro groups is 1. The van der Waals surface area contributed by atoms with E-state index in [0.717, 1.165) is 26.2 Å². The largest absolute Gasteiger partial charge is 0.494 e. The average molecular weight is 539 g/mol. The highest BCUT2D eigenvalue weighted by atomic mass is 35.5. The number of piperazine rings is 1. The van der Waals surface area contributed by atoms with Crippen LogP contribution in [-0.2, 0) is 4.84 Å². The van der Waals surface area contributed by atoms with Gasteiger partial charge in [-0.2, -0.15) is 0 Å². The zero-order valence-corrected chi connectivity index (χ0v) is 20.9. The first-order chi connectivity index (χ1) is 16.4. The van der Waals surface area contributed by atoms with Crippen molar-refractivity contribution in [3.63, 3.8) is 0 Å². The number of halogens is 3. The van der Waals surface area contributed by atoms with E-state index in [1.165, 1.54) is 36.4 Å². The number of fused-ring (bicyclic) bond motifs is 2. The molecule has 0 unspecified atom stereocenters. The molecule has 3 heterocycles. The lowest BCUT2D eigenvalue weighted by Crippen LogP contribution is -2.45. The van der Waals surface area contributed by atoms with E-state index >= 15 is 0 Å². The molecule has 2 aliphatic heterocycles. The van der Waals surface area contributed by atoms with E-state index < -0.39 is 10.7 Å². The molecule has 13 heteroatoms. The van der Waals surface area contributed by atoms with Gasteiger partial charge in [0.2, 0.25) is 0 Å². The van der Waals surface area contributed by atoms with Crippen molar-refractivity contribution in [3.8, 4) is 5.88 Å². The lowest BCUT2D eigenvalue weighted by molar-refractivity contribution is -0.384. The van der Waals surface area contributed by atoms with Gasteiger partial charge < -0.3 is 19.8 Å². The van der Waals surface area contributed by atoms with Gasteiger partial charge in [-0.25, -0.2) is 9.38 Å². The van der Waals surface area contributed by atoms with E-state index in [1.807, 2.05) is 0 Å². The fraction of sp³-hybridized carbons (Fsp3) is 0.304. The van der Waals surface area contributed by atoms with Crippen molar-refractivity contribution in [2.75, 3.05) is 46.4 Å². The number of likely N-dealkylation sites (N-methyl/N-ethyl adjacent to an activating group) is 1. The van der Waals surface area contributed by atoms with Gasteiger partial charge in [-0.3, -0.25) is 15.0 Å². The molecule has 5 rings (SSSR count). The summed E-state index contributed by atoms with van der Waals surface area (Å²) in [6.07, 6.45) is 0. The highest BCUT2D eigenvalue weighted by Gasteiger charge is 2.30. The van der Waals surface area contributed by atoms with Crippen LogP contribution in [0.25, 0.3) is 10.9 Å². The fourth-order valence-corrected chi connectivity index (χ4v) is 4.23. The van der Waals surface area contributed by atoms with Crippen LogP contribution in [0, 0.1) is 15.9 Å². The van der Waals surface area contributed by atoms with E-state index in [-0.39, 0.29) is 53.4 Å². The summed E-state index contributed by atoms with van der Waals surface area (Å²) in [5.41, 5.74) is 2.03. The Bertz CT molecular complexity index is 1340. The molecule has 1 fully saturated rings. The van der Waals surface area contributed by atoms with Crippen molar-refractivity contribution in [2.24, 2.45) is 10.1 Å². The van der Waals surface area contributed by atoms with Gasteiger partial charge in [0.05, 0.1) is 16.2 Å². The first-order valence-electron chi connectivity index (χ1n) is 10.9. The lowest BCUT2D eigenvalue weighted by atomic mass is 10.0. The Morgan fingerprint density at radius 2 is 1.94 bits per heavy atom. The van der Waals surface area contributed by atoms with Crippen molar-refractivity contribution in [3.05, 3.63) is 63.5 Å². The number of nitro benzene ring substituents is 1. The first-order valence-corrected chi connectivity index (χ1v) is 10.9. The molecule has 2 aromatic carbocycles. The molecule has 0 saturated carbocycles. The topological polar surface area (TPSA) is 120 Å². The maximum absolute atomic E-state index is 14.1. The van der Waals surface area contributed by atoms with Crippen LogP contribution < -0.4 is 0 Å². The second-order valence-corrected chi connectivity index (χ2v) is 8.38. The number of nitrogens with one attached hydrogen (secondary N) is 1. The van der Waals surface area contributed by atoms with Gasteiger partial charge >= 0.3 is 0 Å². The fourth-order valence-electron chi connectivity index (χ4n) is 4.23. The molecule has 0 aliphatic carbocycles. The van der Waals surface area contributed by atoms with Gasteiger partial charge in [-0.05, 0) is 31.3 Å². The number of aromatic nitrogens is 1. The van der Waals surface area contributed by atoms with Gasteiger partial charge in [0.25, 0.3) is 5.69 Å². The standard InChI is InChI=1S/C23H23FN6O4.2ClH/c1-28-6-8-29(9-7-28)10-11-34-27-21-17-12-14(24)2-4-19(17)25-22(21)20-16-13-15(30(32)33)3-5-18(16)26-23(20)31;;/h2-5,12-13,26,31H,6-11H2,1H3;2*1H/b27-21+;;. The summed E-state index contributed by atoms with van der Waals surface area (Å²) in [5.74, 6) is -0.674. The Morgan fingerprint density at radius 1 is 1.19 bits per heavy atom. The number of rotatable bonds is 6. The molecular formula is C23H25Cl2FN6O4. The quantitative estimate of drug-likeness (QED) is 0.279. The molecule has 0 amide bonds. The number of oxime groups is 1. The average Bonchev–Trinajstić information content (AvgIpc) is 3.33. The highest BCUT2D eigenvalue weighted by molar-refractivity contribution is 6.58. The van der Waals surface area contributed by atoms with Crippen molar-refractivity contribution < 1.29 is 19.3 Å². The van der Waals surface area contributed by atoms with Crippen LogP contribution >= 0.6 is 24.8 Å². The normalized spacial score (nSPS) is 16.8. The molecule has 0 bridgehead atoms. The Morgan fingerprint density at radius 3 is 2.67 bits per heavy atom. The number of aromatic hydroxyl groups is 1. The minimum atomic E-state index is -0.510. The molecule has 1 aromatic heterocycles. The molecule has 2 N–H and O–H groups in total. The number of nitrogens with zero attached hydrogens (tertiary/aromatic N) is 5. The van der Waals surface area contributed by atoms with Gasteiger partial charge in [0.1, 0.15) is 23.8 Å². The van der Waals surface area contributed by atoms with E-state index in [4.69, 9.17) is 4.84 Å². The molecule has 1 saturated heterocycles. The van der Waals surface area contributed by atoms with Crippen molar-refractivity contribution >= 4 is 58.5 Å². The zero-order chi connectivity index (χ0) is 23.8. The molecule has 36 heavy (non-hydrogen) atoms. The number of aromatic amines is 1. The molecular weight excluding hydrogens is 514 g/mol. The Kier molecular flexibility index (Phi) is 8.51. The monoisotopic (exact) mass is 538 g/mol. The van der Waals surface area contributed by atoms with Crippen molar-refractivity contribution in [1.29, 1.82) is 0 Å². The number of hydrogen-bond donors (Lipinski definition) is 2. The summed E-state index contributed by atoms with van der Waals surface area (Å²) in [4.78, 5) is 28.3. The van der Waals surface area contributed by atoms with Crippen LogP contribution in [0.15, 0.2) is 46.5 Å². The minimum Gasteiger partial charge on any atom is -0.494 e. The van der Waals surface area contributed by atoms with E-state index in [1.54, 1.807) is 0 Å². The second-order valence-electron chi connectivity index (χ2n) is 8.38. The summed E-state index contributed by atoms with van der Waals surface area (Å²) in [6.45, 7) is 4.89. The smallest absolute Gasteiger partial charge is 0.270 e. The number of aliphatic imine (C=N–C) groups is 1. The molecule has 192 valence electrons. The van der Waals surface area contributed by atoms with Crippen LogP contribution in [0.1, 0.15) is 11.1 Å². The molecule has 0 spiro atoms. The van der Waals surface area contributed by atoms with E-state index in [0.29, 0.717) is 35.3 Å². The Hall–Kier alpha value is -3.25. The maximum Gasteiger partial charge on any atom is 0.270 e. The highest BCUT2D eigenvalue weighted by Crippen LogP contribution is 2.37. The van der Waals surface area contributed by atoms with Crippen LogP contribution in [0.3, 0.4) is 0 Å². The lowest BCUT2D eigenvalue weighted by Gasteiger charge is -2.31. The third-order valence-corrected chi connectivity index (χ3v) is 6.13. The number of non-ortho nitro benzene ring substituents is 1. The van der Waals surface area contributed by atoms with Gasteiger partial charge in [-0.15, -0.1) is 24.8 Å². The third-order valence-electron chi connectivity index (χ3n) is 6.13. The summed E-state index contributed by atoms with van der Waals surface area (Å²) in [6, 6.07) is 8.34. The SMILES string of the molecule is CN1CCN(CCO/N=C2/C(c3c(O)[nH]c4ccc([N+](=O)[O-])cc34)=Nc3ccc(F)cc32)CC1.Cl.Cl. The maximum atomic E-state index is 14.1. The molecule has 0 atom stereocenters. The van der Waals surface area contributed by atoms with E-state index in [9.17, 15) is 19.6 Å². The summed E-state index contributed by atoms with van der Waals surface area (Å²) in [7, 11) is 2.09. The van der Waals surface area contributed by atoms with Crippen molar-refractivity contribution in [1.82, 2.24) is 14.8 Å². The Balaban J connectivity index is 0.00000180.